The van der Waals surface area contributed by atoms with Gasteiger partial charge in [0.15, 0.2) is 0 Å². The van der Waals surface area contributed by atoms with Gasteiger partial charge in [-0.25, -0.2) is 4.98 Å². The highest BCUT2D eigenvalue weighted by atomic mass is 16.5. The molecule has 0 fully saturated rings. The van der Waals surface area contributed by atoms with Gasteiger partial charge in [-0.2, -0.15) is 5.26 Å². The molecule has 4 rings (SSSR count). The number of hydrogen-bond acceptors (Lipinski definition) is 4. The van der Waals surface area contributed by atoms with E-state index < -0.39 is 5.91 Å². The van der Waals surface area contributed by atoms with Crippen molar-refractivity contribution in [2.45, 2.75) is 27.3 Å². The summed E-state index contributed by atoms with van der Waals surface area (Å²) in [6.07, 6.45) is 5.42. The van der Waals surface area contributed by atoms with Crippen LogP contribution in [0.1, 0.15) is 28.2 Å². The number of nitrogens with one attached hydrogen (secondary N) is 1. The molecule has 0 bridgehead atoms. The van der Waals surface area contributed by atoms with Crippen LogP contribution in [-0.4, -0.2) is 27.0 Å². The Balaban J connectivity index is 1.54. The van der Waals surface area contributed by atoms with Crippen molar-refractivity contribution in [3.8, 4) is 17.5 Å². The lowest BCUT2D eigenvalue weighted by atomic mass is 10.1. The van der Waals surface area contributed by atoms with E-state index in [4.69, 9.17) is 4.74 Å². The van der Waals surface area contributed by atoms with Gasteiger partial charge in [0.1, 0.15) is 23.0 Å². The van der Waals surface area contributed by atoms with Crippen LogP contribution in [0.4, 0.5) is 0 Å². The lowest BCUT2D eigenvalue weighted by Crippen LogP contribution is -2.24. The number of aryl methyl sites for hydroxylation is 2. The Labute approximate surface area is 192 Å². The predicted octanol–water partition coefficient (Wildman–Crippen LogP) is 4.28. The second-order valence-corrected chi connectivity index (χ2v) is 7.87. The molecule has 4 aromatic rings. The average molecular weight is 440 g/mol. The van der Waals surface area contributed by atoms with Crippen LogP contribution < -0.4 is 10.1 Å². The number of aromatic nitrogens is 3. The summed E-state index contributed by atoms with van der Waals surface area (Å²) in [7, 11) is 1.63. The van der Waals surface area contributed by atoms with Gasteiger partial charge in [-0.05, 0) is 74.4 Å². The first-order valence-electron chi connectivity index (χ1n) is 10.6. The number of carbonyl (C=O) groups is 1. The monoisotopic (exact) mass is 439 g/mol. The molecule has 0 radical (unpaired) electrons. The van der Waals surface area contributed by atoms with E-state index in [0.29, 0.717) is 0 Å². The number of methoxy groups -OCH3 is 1. The van der Waals surface area contributed by atoms with Crippen molar-refractivity contribution in [2.24, 2.45) is 0 Å². The van der Waals surface area contributed by atoms with Crippen LogP contribution in [-0.2, 0) is 11.3 Å². The van der Waals surface area contributed by atoms with Gasteiger partial charge in [-0.1, -0.05) is 6.07 Å². The van der Waals surface area contributed by atoms with E-state index in [-0.39, 0.29) is 12.1 Å². The first kappa shape index (κ1) is 21.9. The highest BCUT2D eigenvalue weighted by molar-refractivity contribution is 6.01. The number of ether oxygens (including phenoxy) is 1. The second-order valence-electron chi connectivity index (χ2n) is 7.87. The van der Waals surface area contributed by atoms with Crippen molar-refractivity contribution in [3.63, 3.8) is 0 Å². The van der Waals surface area contributed by atoms with E-state index in [1.54, 1.807) is 13.2 Å². The molecule has 33 heavy (non-hydrogen) atoms. The zero-order valence-electron chi connectivity index (χ0n) is 19.1. The van der Waals surface area contributed by atoms with Crippen LogP contribution in [0.15, 0.2) is 60.4 Å². The van der Waals surface area contributed by atoms with Crippen molar-refractivity contribution < 1.29 is 9.53 Å². The highest BCUT2D eigenvalue weighted by Gasteiger charge is 2.14. The maximum atomic E-state index is 12.7. The minimum atomic E-state index is -0.430. The summed E-state index contributed by atoms with van der Waals surface area (Å²) < 4.78 is 9.24. The Kier molecular flexibility index (Phi) is 6.01. The first-order chi connectivity index (χ1) is 15.9. The van der Waals surface area contributed by atoms with Gasteiger partial charge >= 0.3 is 0 Å². The van der Waals surface area contributed by atoms with Crippen LogP contribution in [0.2, 0.25) is 0 Å². The van der Waals surface area contributed by atoms with Crippen molar-refractivity contribution in [3.05, 3.63) is 88.6 Å². The van der Waals surface area contributed by atoms with Gasteiger partial charge in [0, 0.05) is 29.5 Å². The standard InChI is InChI=1S/C26H25N5O2/c1-17-6-5-11-30-16-22(29-25(17)30)15-28-26(32)21(14-27)13-20-12-18(2)31(19(20)3)23-7-9-24(33-4)10-8-23/h5-13,16H,15H2,1-4H3,(H,28,32). The minimum Gasteiger partial charge on any atom is -0.497 e. The maximum absolute atomic E-state index is 12.7. The van der Waals surface area contributed by atoms with E-state index >= 15 is 0 Å². The number of amides is 1. The topological polar surface area (TPSA) is 84.3 Å². The number of imidazole rings is 1. The van der Waals surface area contributed by atoms with Gasteiger partial charge in [-0.15, -0.1) is 0 Å². The SMILES string of the molecule is COc1ccc(-n2c(C)cc(C=C(C#N)C(=O)NCc3cn4cccc(C)c4n3)c2C)cc1. The van der Waals surface area contributed by atoms with Crippen molar-refractivity contribution >= 4 is 17.6 Å². The number of nitrogens with zero attached hydrogens (tertiary/aromatic N) is 4. The van der Waals surface area contributed by atoms with E-state index in [0.717, 1.165) is 45.3 Å². The third-order valence-electron chi connectivity index (χ3n) is 5.62. The summed E-state index contributed by atoms with van der Waals surface area (Å²) in [4.78, 5) is 17.3. The molecule has 0 atom stereocenters. The Morgan fingerprint density at radius 1 is 1.21 bits per heavy atom. The molecule has 7 nitrogen and oxygen atoms in total. The molecular formula is C26H25N5O2. The van der Waals surface area contributed by atoms with E-state index in [2.05, 4.69) is 14.9 Å². The van der Waals surface area contributed by atoms with Crippen molar-refractivity contribution in [1.29, 1.82) is 5.26 Å². The smallest absolute Gasteiger partial charge is 0.262 e. The molecule has 1 N–H and O–H groups in total. The van der Waals surface area contributed by atoms with E-state index in [1.807, 2.05) is 86.1 Å². The van der Waals surface area contributed by atoms with Crippen LogP contribution in [0.3, 0.4) is 0 Å². The summed E-state index contributed by atoms with van der Waals surface area (Å²) in [5.41, 5.74) is 6.42. The number of rotatable bonds is 6. The predicted molar refractivity (Wildman–Crippen MR) is 127 cm³/mol. The van der Waals surface area contributed by atoms with Crippen LogP contribution >= 0.6 is 0 Å². The lowest BCUT2D eigenvalue weighted by Gasteiger charge is -2.10. The molecule has 7 heteroatoms. The molecule has 0 saturated carbocycles. The quantitative estimate of drug-likeness (QED) is 0.359. The number of benzene rings is 1. The van der Waals surface area contributed by atoms with E-state index in [9.17, 15) is 10.1 Å². The number of fused-ring (bicyclic) bond motifs is 1. The molecule has 0 saturated heterocycles. The van der Waals surface area contributed by atoms with Gasteiger partial charge in [0.2, 0.25) is 0 Å². The Hall–Kier alpha value is -4.31. The number of carbonyl (C=O) groups excluding carboxylic acids is 1. The molecular weight excluding hydrogens is 414 g/mol. The summed E-state index contributed by atoms with van der Waals surface area (Å²) >= 11 is 0. The van der Waals surface area contributed by atoms with Gasteiger partial charge in [-0.3, -0.25) is 4.79 Å². The lowest BCUT2D eigenvalue weighted by molar-refractivity contribution is -0.117. The first-order valence-corrected chi connectivity index (χ1v) is 10.6. The zero-order chi connectivity index (χ0) is 23.5. The summed E-state index contributed by atoms with van der Waals surface area (Å²) in [6.45, 7) is 6.19. The molecule has 0 aliphatic carbocycles. The minimum absolute atomic E-state index is 0.0462. The Bertz CT molecular complexity index is 1400. The molecule has 3 aromatic heterocycles. The van der Waals surface area contributed by atoms with Crippen LogP contribution in [0.5, 0.6) is 5.75 Å². The molecule has 166 valence electrons. The summed E-state index contributed by atoms with van der Waals surface area (Å²) in [6, 6.07) is 15.7. The molecule has 0 aliphatic heterocycles. The number of pyridine rings is 1. The molecule has 0 aliphatic rings. The Morgan fingerprint density at radius 3 is 2.64 bits per heavy atom. The molecule has 0 unspecified atom stereocenters. The van der Waals surface area contributed by atoms with Crippen molar-refractivity contribution in [2.75, 3.05) is 7.11 Å². The van der Waals surface area contributed by atoms with Crippen molar-refractivity contribution in [1.82, 2.24) is 19.3 Å². The fourth-order valence-corrected chi connectivity index (χ4v) is 3.92. The number of nitriles is 1. The largest absolute Gasteiger partial charge is 0.497 e. The van der Waals surface area contributed by atoms with Gasteiger partial charge in [0.05, 0.1) is 19.3 Å². The third kappa shape index (κ3) is 4.37. The molecule has 1 aromatic carbocycles. The average Bonchev–Trinajstić information content (AvgIpc) is 3.36. The molecule has 1 amide bonds. The summed E-state index contributed by atoms with van der Waals surface area (Å²) in [5, 5.41) is 12.4. The normalized spacial score (nSPS) is 11.4. The zero-order valence-corrected chi connectivity index (χ0v) is 19.1. The van der Waals surface area contributed by atoms with Crippen LogP contribution in [0.25, 0.3) is 17.4 Å². The highest BCUT2D eigenvalue weighted by Crippen LogP contribution is 2.24. The van der Waals surface area contributed by atoms with Gasteiger partial charge < -0.3 is 19.0 Å². The Morgan fingerprint density at radius 2 is 1.97 bits per heavy atom. The molecule has 3 heterocycles. The van der Waals surface area contributed by atoms with Crippen LogP contribution in [0, 0.1) is 32.1 Å². The molecule has 0 spiro atoms. The fraction of sp³-hybridized carbons (Fsp3) is 0.192. The van der Waals surface area contributed by atoms with E-state index in [1.165, 1.54) is 0 Å². The number of hydrogen-bond donors (Lipinski definition) is 1. The second kappa shape index (κ2) is 9.05. The van der Waals surface area contributed by atoms with Gasteiger partial charge in [0.25, 0.3) is 5.91 Å². The fourth-order valence-electron chi connectivity index (χ4n) is 3.92. The maximum Gasteiger partial charge on any atom is 0.262 e. The summed E-state index contributed by atoms with van der Waals surface area (Å²) in [5.74, 6) is 0.353. The third-order valence-corrected chi connectivity index (χ3v) is 5.62.